The van der Waals surface area contributed by atoms with Crippen molar-refractivity contribution in [3.63, 3.8) is 0 Å². The van der Waals surface area contributed by atoms with Gasteiger partial charge in [0, 0.05) is 39.8 Å². The van der Waals surface area contributed by atoms with Crippen LogP contribution in [-0.4, -0.2) is 81.5 Å². The van der Waals surface area contributed by atoms with Crippen molar-refractivity contribution in [3.8, 4) is 0 Å². The Morgan fingerprint density at radius 2 is 1.74 bits per heavy atom. The molecule has 0 aromatic heterocycles. The molecule has 2 saturated heterocycles. The summed E-state index contributed by atoms with van der Waals surface area (Å²) in [4.78, 5) is 2.33. The van der Waals surface area contributed by atoms with Crippen molar-refractivity contribution in [2.75, 3.05) is 59.5 Å². The van der Waals surface area contributed by atoms with Crippen molar-refractivity contribution in [3.05, 3.63) is 0 Å². The quantitative estimate of drug-likeness (QED) is 0.690. The van der Waals surface area contributed by atoms with E-state index in [1.165, 1.54) is 4.31 Å². The highest BCUT2D eigenvalue weighted by molar-refractivity contribution is 7.86. The fraction of sp³-hybridized carbons (Fsp3) is 1.00. The Kier molecular flexibility index (Phi) is 5.58. The Labute approximate surface area is 116 Å². The van der Waals surface area contributed by atoms with Crippen LogP contribution in [0, 0.1) is 0 Å². The first-order valence-corrected chi connectivity index (χ1v) is 8.52. The van der Waals surface area contributed by atoms with E-state index in [1.54, 1.807) is 11.4 Å². The molecule has 0 aromatic rings. The highest BCUT2D eigenvalue weighted by Gasteiger charge is 2.28. The average Bonchev–Trinajstić information content (AvgIpc) is 2.94. The fourth-order valence-electron chi connectivity index (χ4n) is 2.57. The molecule has 19 heavy (non-hydrogen) atoms. The minimum absolute atomic E-state index is 0.593. The van der Waals surface area contributed by atoms with Crippen molar-refractivity contribution in [1.82, 2.24) is 13.5 Å². The maximum atomic E-state index is 12.2. The van der Waals surface area contributed by atoms with E-state index in [0.29, 0.717) is 19.6 Å². The molecule has 7 heteroatoms. The lowest BCUT2D eigenvalue weighted by Crippen LogP contribution is -2.42. The molecule has 2 aliphatic rings. The number of hydrogen-bond acceptors (Lipinski definition) is 4. The lowest BCUT2D eigenvalue weighted by Gasteiger charge is -2.28. The van der Waals surface area contributed by atoms with Crippen LogP contribution in [-0.2, 0) is 14.9 Å². The van der Waals surface area contributed by atoms with Gasteiger partial charge >= 0.3 is 0 Å². The van der Waals surface area contributed by atoms with Crippen molar-refractivity contribution in [2.24, 2.45) is 0 Å². The zero-order chi connectivity index (χ0) is 13.7. The number of rotatable bonds is 6. The van der Waals surface area contributed by atoms with E-state index in [1.807, 2.05) is 0 Å². The zero-order valence-corrected chi connectivity index (χ0v) is 12.6. The van der Waals surface area contributed by atoms with Gasteiger partial charge in [0.25, 0.3) is 10.2 Å². The molecular formula is C12H25N3O3S. The second kappa shape index (κ2) is 6.99. The second-order valence-corrected chi connectivity index (χ2v) is 7.28. The first kappa shape index (κ1) is 15.2. The van der Waals surface area contributed by atoms with Crippen LogP contribution in [0.15, 0.2) is 0 Å². The molecule has 2 aliphatic heterocycles. The van der Waals surface area contributed by atoms with E-state index in [0.717, 1.165) is 52.1 Å². The molecule has 0 N–H and O–H groups in total. The van der Waals surface area contributed by atoms with Crippen LogP contribution < -0.4 is 0 Å². The summed E-state index contributed by atoms with van der Waals surface area (Å²) in [6.45, 7) is 6.40. The third kappa shape index (κ3) is 4.13. The van der Waals surface area contributed by atoms with Gasteiger partial charge in [0.1, 0.15) is 0 Å². The van der Waals surface area contributed by atoms with Gasteiger partial charge < -0.3 is 4.74 Å². The van der Waals surface area contributed by atoms with Crippen LogP contribution in [0.5, 0.6) is 0 Å². The average molecular weight is 291 g/mol. The van der Waals surface area contributed by atoms with Gasteiger partial charge in [0.2, 0.25) is 0 Å². The molecular weight excluding hydrogens is 266 g/mol. The third-order valence-electron chi connectivity index (χ3n) is 3.84. The van der Waals surface area contributed by atoms with E-state index < -0.39 is 10.2 Å². The van der Waals surface area contributed by atoms with Crippen LogP contribution >= 0.6 is 0 Å². The Morgan fingerprint density at radius 1 is 1.11 bits per heavy atom. The topological polar surface area (TPSA) is 53.1 Å². The lowest BCUT2D eigenvalue weighted by atomic mass is 10.3. The molecule has 0 aromatic carbocycles. The minimum Gasteiger partial charge on any atom is -0.379 e. The standard InChI is InChI=1S/C12H25N3O3S/c1-13(19(16,17)15-7-2-3-8-15)5-4-6-14-9-11-18-12-10-14/h2-12H2,1H3. The largest absolute Gasteiger partial charge is 0.379 e. The van der Waals surface area contributed by atoms with Gasteiger partial charge in [-0.25, -0.2) is 0 Å². The van der Waals surface area contributed by atoms with Crippen molar-refractivity contribution in [2.45, 2.75) is 19.3 Å². The highest BCUT2D eigenvalue weighted by atomic mass is 32.2. The molecule has 0 unspecified atom stereocenters. The lowest BCUT2D eigenvalue weighted by molar-refractivity contribution is 0.0370. The first-order chi connectivity index (χ1) is 9.10. The van der Waals surface area contributed by atoms with Gasteiger partial charge in [-0.05, 0) is 25.8 Å². The highest BCUT2D eigenvalue weighted by Crippen LogP contribution is 2.15. The summed E-state index contributed by atoms with van der Waals surface area (Å²) in [6.07, 6.45) is 2.85. The first-order valence-electron chi connectivity index (χ1n) is 7.12. The van der Waals surface area contributed by atoms with E-state index in [2.05, 4.69) is 4.90 Å². The van der Waals surface area contributed by atoms with Gasteiger partial charge in [-0.2, -0.15) is 17.0 Å². The molecule has 0 spiro atoms. The van der Waals surface area contributed by atoms with Crippen LogP contribution in [0.4, 0.5) is 0 Å². The molecule has 0 aliphatic carbocycles. The smallest absolute Gasteiger partial charge is 0.281 e. The van der Waals surface area contributed by atoms with Gasteiger partial charge in [0.05, 0.1) is 13.2 Å². The molecule has 6 nitrogen and oxygen atoms in total. The van der Waals surface area contributed by atoms with E-state index in [-0.39, 0.29) is 0 Å². The van der Waals surface area contributed by atoms with Gasteiger partial charge in [-0.15, -0.1) is 0 Å². The molecule has 0 bridgehead atoms. The minimum atomic E-state index is -3.22. The van der Waals surface area contributed by atoms with E-state index >= 15 is 0 Å². The van der Waals surface area contributed by atoms with E-state index in [4.69, 9.17) is 4.74 Å². The molecule has 0 amide bonds. The predicted octanol–water partition coefficient (Wildman–Crippen LogP) is -0.0189. The van der Waals surface area contributed by atoms with Gasteiger partial charge in [-0.1, -0.05) is 0 Å². The summed E-state index contributed by atoms with van der Waals surface area (Å²) >= 11 is 0. The Morgan fingerprint density at radius 3 is 2.37 bits per heavy atom. The van der Waals surface area contributed by atoms with Crippen molar-refractivity contribution < 1.29 is 13.2 Å². The van der Waals surface area contributed by atoms with Gasteiger partial charge in [-0.3, -0.25) is 4.90 Å². The van der Waals surface area contributed by atoms with Crippen LogP contribution in [0.1, 0.15) is 19.3 Å². The molecule has 2 fully saturated rings. The SMILES string of the molecule is CN(CCCN1CCOCC1)S(=O)(=O)N1CCCC1. The molecule has 0 radical (unpaired) electrons. The third-order valence-corrected chi connectivity index (χ3v) is 5.82. The van der Waals surface area contributed by atoms with Crippen LogP contribution in [0.25, 0.3) is 0 Å². The molecule has 0 saturated carbocycles. The molecule has 2 heterocycles. The predicted molar refractivity (Wildman–Crippen MR) is 74.2 cm³/mol. The Hall–Kier alpha value is -0.210. The monoisotopic (exact) mass is 291 g/mol. The molecule has 112 valence electrons. The van der Waals surface area contributed by atoms with Crippen molar-refractivity contribution >= 4 is 10.2 Å². The summed E-state index contributed by atoms with van der Waals surface area (Å²) in [7, 11) is -1.53. The summed E-state index contributed by atoms with van der Waals surface area (Å²) in [5.74, 6) is 0. The number of hydrogen-bond donors (Lipinski definition) is 0. The number of ether oxygens (including phenoxy) is 1. The number of nitrogens with zero attached hydrogens (tertiary/aromatic N) is 3. The van der Waals surface area contributed by atoms with Crippen LogP contribution in [0.2, 0.25) is 0 Å². The van der Waals surface area contributed by atoms with Gasteiger partial charge in [0.15, 0.2) is 0 Å². The fourth-order valence-corrected chi connectivity index (χ4v) is 4.05. The molecule has 2 rings (SSSR count). The maximum absolute atomic E-state index is 12.2. The van der Waals surface area contributed by atoms with Crippen molar-refractivity contribution in [1.29, 1.82) is 0 Å². The summed E-state index contributed by atoms with van der Waals surface area (Å²) in [5.41, 5.74) is 0. The molecule has 0 atom stereocenters. The Balaban J connectivity index is 1.72. The summed E-state index contributed by atoms with van der Waals surface area (Å²) < 4.78 is 32.9. The van der Waals surface area contributed by atoms with Crippen LogP contribution in [0.3, 0.4) is 0 Å². The normalized spacial score (nSPS) is 23.3. The maximum Gasteiger partial charge on any atom is 0.281 e. The van der Waals surface area contributed by atoms with E-state index in [9.17, 15) is 8.42 Å². The summed E-state index contributed by atoms with van der Waals surface area (Å²) in [6, 6.07) is 0. The number of morpholine rings is 1. The Bertz CT molecular complexity index is 362. The second-order valence-electron chi connectivity index (χ2n) is 5.24. The summed E-state index contributed by atoms with van der Waals surface area (Å²) in [5, 5.41) is 0. The zero-order valence-electron chi connectivity index (χ0n) is 11.8.